The zero-order valence-corrected chi connectivity index (χ0v) is 11.0. The number of anilines is 1. The summed E-state index contributed by atoms with van der Waals surface area (Å²) in [6, 6.07) is 4.58. The molecule has 1 amide bonds. The van der Waals surface area contributed by atoms with Crippen LogP contribution in [0.15, 0.2) is 18.2 Å². The van der Waals surface area contributed by atoms with Crippen LogP contribution >= 0.6 is 11.6 Å². The molecule has 0 aromatic heterocycles. The molecule has 1 unspecified atom stereocenters. The summed E-state index contributed by atoms with van der Waals surface area (Å²) in [5.41, 5.74) is 6.12. The summed E-state index contributed by atoms with van der Waals surface area (Å²) in [6.45, 7) is 0. The Morgan fingerprint density at radius 3 is 2.63 bits per heavy atom. The van der Waals surface area contributed by atoms with Gasteiger partial charge < -0.3 is 16.2 Å². The Morgan fingerprint density at radius 2 is 2.16 bits per heavy atom. The maximum Gasteiger partial charge on any atom is 0.305 e. The fourth-order valence-corrected chi connectivity index (χ4v) is 2.24. The van der Waals surface area contributed by atoms with Gasteiger partial charge in [0, 0.05) is 11.6 Å². The van der Waals surface area contributed by atoms with Crippen molar-refractivity contribution in [3.8, 4) is 0 Å². The van der Waals surface area contributed by atoms with Crippen LogP contribution in [0.3, 0.4) is 0 Å². The Labute approximate surface area is 115 Å². The lowest BCUT2D eigenvalue weighted by molar-refractivity contribution is -0.137. The number of hydrogen-bond acceptors (Lipinski definition) is 3. The number of carboxylic acid groups (broad SMARTS) is 1. The number of aliphatic carboxylic acids is 1. The molecule has 1 fully saturated rings. The largest absolute Gasteiger partial charge is 0.481 e. The molecule has 19 heavy (non-hydrogen) atoms. The van der Waals surface area contributed by atoms with Gasteiger partial charge in [0.2, 0.25) is 5.91 Å². The standard InChI is InChI=1S/C13H15ClN2O3/c14-9-5-8(13(15)19)3-4-10(9)16-11(6-12(17)18)7-1-2-7/h3-5,7,11,16H,1-2,6H2,(H2,15,19)(H,17,18). The van der Waals surface area contributed by atoms with Crippen molar-refractivity contribution in [3.05, 3.63) is 28.8 Å². The zero-order chi connectivity index (χ0) is 14.0. The first-order chi connectivity index (χ1) is 8.97. The highest BCUT2D eigenvalue weighted by atomic mass is 35.5. The third-order valence-corrected chi connectivity index (χ3v) is 3.49. The number of amides is 1. The van der Waals surface area contributed by atoms with Crippen LogP contribution in [0.4, 0.5) is 5.69 Å². The number of carbonyl (C=O) groups is 2. The second kappa shape index (κ2) is 5.48. The summed E-state index contributed by atoms with van der Waals surface area (Å²) in [5.74, 6) is -1.00. The highest BCUT2D eigenvalue weighted by Crippen LogP contribution is 2.37. The molecule has 1 aliphatic carbocycles. The van der Waals surface area contributed by atoms with Crippen molar-refractivity contribution in [3.63, 3.8) is 0 Å². The zero-order valence-electron chi connectivity index (χ0n) is 10.2. The normalized spacial score (nSPS) is 15.8. The Bertz CT molecular complexity index is 515. The quantitative estimate of drug-likeness (QED) is 0.745. The second-order valence-electron chi connectivity index (χ2n) is 4.74. The Balaban J connectivity index is 2.12. The monoisotopic (exact) mass is 282 g/mol. The maximum atomic E-state index is 11.0. The number of nitrogens with one attached hydrogen (secondary N) is 1. The molecule has 0 spiro atoms. The van der Waals surface area contributed by atoms with E-state index in [1.807, 2.05) is 0 Å². The summed E-state index contributed by atoms with van der Waals surface area (Å²) in [4.78, 5) is 21.8. The van der Waals surface area contributed by atoms with Crippen molar-refractivity contribution >= 4 is 29.2 Å². The van der Waals surface area contributed by atoms with E-state index in [-0.39, 0.29) is 12.5 Å². The third kappa shape index (κ3) is 3.61. The van der Waals surface area contributed by atoms with Crippen LogP contribution in [0.25, 0.3) is 0 Å². The van der Waals surface area contributed by atoms with Crippen molar-refractivity contribution in [2.45, 2.75) is 25.3 Å². The predicted molar refractivity (Wildman–Crippen MR) is 72.4 cm³/mol. The van der Waals surface area contributed by atoms with Gasteiger partial charge in [0.15, 0.2) is 0 Å². The van der Waals surface area contributed by atoms with E-state index in [1.165, 1.54) is 6.07 Å². The van der Waals surface area contributed by atoms with E-state index in [1.54, 1.807) is 12.1 Å². The molecule has 0 heterocycles. The van der Waals surface area contributed by atoms with Gasteiger partial charge in [0.1, 0.15) is 0 Å². The van der Waals surface area contributed by atoms with E-state index in [4.69, 9.17) is 22.4 Å². The van der Waals surface area contributed by atoms with E-state index in [0.29, 0.717) is 22.2 Å². The number of carboxylic acids is 1. The van der Waals surface area contributed by atoms with Gasteiger partial charge in [0.05, 0.1) is 17.1 Å². The van der Waals surface area contributed by atoms with Crippen molar-refractivity contribution in [1.82, 2.24) is 0 Å². The van der Waals surface area contributed by atoms with Gasteiger partial charge in [-0.2, -0.15) is 0 Å². The van der Waals surface area contributed by atoms with Crippen LogP contribution in [-0.2, 0) is 4.79 Å². The van der Waals surface area contributed by atoms with Crippen molar-refractivity contribution < 1.29 is 14.7 Å². The summed E-state index contributed by atoms with van der Waals surface area (Å²) in [7, 11) is 0. The molecular weight excluding hydrogens is 268 g/mol. The molecule has 0 radical (unpaired) electrons. The van der Waals surface area contributed by atoms with Gasteiger partial charge in [-0.3, -0.25) is 9.59 Å². The molecule has 5 nitrogen and oxygen atoms in total. The van der Waals surface area contributed by atoms with Crippen LogP contribution in [-0.4, -0.2) is 23.0 Å². The van der Waals surface area contributed by atoms with Gasteiger partial charge in [-0.1, -0.05) is 11.6 Å². The van der Waals surface area contributed by atoms with Crippen molar-refractivity contribution in [2.24, 2.45) is 11.7 Å². The average Bonchev–Trinajstić information content (AvgIpc) is 3.13. The molecule has 102 valence electrons. The summed E-state index contributed by atoms with van der Waals surface area (Å²) in [5, 5.41) is 12.4. The van der Waals surface area contributed by atoms with Crippen LogP contribution in [0.5, 0.6) is 0 Å². The Morgan fingerprint density at radius 1 is 1.47 bits per heavy atom. The molecule has 1 atom stereocenters. The van der Waals surface area contributed by atoms with Crippen LogP contribution < -0.4 is 11.1 Å². The van der Waals surface area contributed by atoms with Crippen LogP contribution in [0.2, 0.25) is 5.02 Å². The molecule has 1 aromatic rings. The van der Waals surface area contributed by atoms with Gasteiger partial charge in [0.25, 0.3) is 0 Å². The molecule has 4 N–H and O–H groups in total. The molecular formula is C13H15ClN2O3. The lowest BCUT2D eigenvalue weighted by Gasteiger charge is -2.18. The van der Waals surface area contributed by atoms with E-state index in [2.05, 4.69) is 5.32 Å². The SMILES string of the molecule is NC(=O)c1ccc(NC(CC(=O)O)C2CC2)c(Cl)c1. The molecule has 1 aliphatic rings. The van der Waals surface area contributed by atoms with Crippen molar-refractivity contribution in [2.75, 3.05) is 5.32 Å². The first-order valence-corrected chi connectivity index (χ1v) is 6.43. The minimum atomic E-state index is -0.839. The summed E-state index contributed by atoms with van der Waals surface area (Å²) >= 11 is 6.06. The number of carbonyl (C=O) groups excluding carboxylic acids is 1. The number of nitrogens with two attached hydrogens (primary N) is 1. The van der Waals surface area contributed by atoms with Gasteiger partial charge >= 0.3 is 5.97 Å². The van der Waals surface area contributed by atoms with Gasteiger partial charge in [-0.15, -0.1) is 0 Å². The highest BCUT2D eigenvalue weighted by molar-refractivity contribution is 6.33. The lowest BCUT2D eigenvalue weighted by atomic mass is 10.1. The number of primary amides is 1. The molecule has 0 saturated heterocycles. The molecule has 1 saturated carbocycles. The van der Waals surface area contributed by atoms with Crippen LogP contribution in [0, 0.1) is 5.92 Å². The summed E-state index contributed by atoms with van der Waals surface area (Å²) in [6.07, 6.45) is 2.11. The molecule has 6 heteroatoms. The second-order valence-corrected chi connectivity index (χ2v) is 5.15. The van der Waals surface area contributed by atoms with E-state index < -0.39 is 11.9 Å². The van der Waals surface area contributed by atoms with Gasteiger partial charge in [-0.05, 0) is 37.0 Å². The number of rotatable bonds is 6. The first kappa shape index (κ1) is 13.7. The average molecular weight is 283 g/mol. The van der Waals surface area contributed by atoms with E-state index in [0.717, 1.165) is 12.8 Å². The summed E-state index contributed by atoms with van der Waals surface area (Å²) < 4.78 is 0. The Kier molecular flexibility index (Phi) is 3.95. The van der Waals surface area contributed by atoms with Gasteiger partial charge in [-0.25, -0.2) is 0 Å². The van der Waals surface area contributed by atoms with Crippen LogP contribution in [0.1, 0.15) is 29.6 Å². The van der Waals surface area contributed by atoms with E-state index >= 15 is 0 Å². The topological polar surface area (TPSA) is 92.4 Å². The molecule has 2 rings (SSSR count). The fourth-order valence-electron chi connectivity index (χ4n) is 2.01. The molecule has 0 bridgehead atoms. The molecule has 1 aromatic carbocycles. The minimum absolute atomic E-state index is 0.0541. The fraction of sp³-hybridized carbons (Fsp3) is 0.385. The predicted octanol–water partition coefficient (Wildman–Crippen LogP) is 2.10. The number of benzene rings is 1. The Hall–Kier alpha value is -1.75. The van der Waals surface area contributed by atoms with Crippen molar-refractivity contribution in [1.29, 1.82) is 0 Å². The minimum Gasteiger partial charge on any atom is -0.481 e. The highest BCUT2D eigenvalue weighted by Gasteiger charge is 2.32. The number of halogens is 1. The third-order valence-electron chi connectivity index (χ3n) is 3.18. The number of hydrogen-bond donors (Lipinski definition) is 3. The first-order valence-electron chi connectivity index (χ1n) is 6.05. The smallest absolute Gasteiger partial charge is 0.305 e. The van der Waals surface area contributed by atoms with E-state index in [9.17, 15) is 9.59 Å². The maximum absolute atomic E-state index is 11.0. The lowest BCUT2D eigenvalue weighted by Crippen LogP contribution is -2.25. The molecule has 0 aliphatic heterocycles.